The average Bonchev–Trinajstić information content (AvgIpc) is 3.10. The predicted octanol–water partition coefficient (Wildman–Crippen LogP) is 3.06. The summed E-state index contributed by atoms with van der Waals surface area (Å²) in [7, 11) is 3.75. The minimum absolute atomic E-state index is 0.181. The zero-order chi connectivity index (χ0) is 18.8. The Morgan fingerprint density at radius 3 is 2.42 bits per heavy atom. The Balaban J connectivity index is 1.67. The summed E-state index contributed by atoms with van der Waals surface area (Å²) >= 11 is 5.93. The number of hydrogen-bond donors (Lipinski definition) is 1. The van der Waals surface area contributed by atoms with Gasteiger partial charge in [0.05, 0.1) is 11.4 Å². The largest absolute Gasteiger partial charge is 0.350 e. The van der Waals surface area contributed by atoms with Crippen LogP contribution in [0.5, 0.6) is 0 Å². The molecule has 0 atom stereocenters. The fourth-order valence-electron chi connectivity index (χ4n) is 3.04. The van der Waals surface area contributed by atoms with Crippen LogP contribution in [0.3, 0.4) is 0 Å². The molecule has 0 saturated carbocycles. The predicted molar refractivity (Wildman–Crippen MR) is 102 cm³/mol. The van der Waals surface area contributed by atoms with Gasteiger partial charge in [0.15, 0.2) is 5.69 Å². The van der Waals surface area contributed by atoms with E-state index in [1.807, 2.05) is 56.9 Å². The molecule has 0 saturated heterocycles. The van der Waals surface area contributed by atoms with Gasteiger partial charge in [-0.1, -0.05) is 23.7 Å². The van der Waals surface area contributed by atoms with Crippen LogP contribution in [-0.2, 0) is 20.5 Å². The van der Waals surface area contributed by atoms with E-state index < -0.39 is 0 Å². The standard InChI is InChI=1S/C19H22ClN5O/c1-12-16(13(2)24(3)22-12)9-10-21-19(26)17-11-18(25(4)23-17)14-5-7-15(20)8-6-14/h5-8,11H,9-10H2,1-4H3,(H,21,26). The van der Waals surface area contributed by atoms with Crippen molar-refractivity contribution < 1.29 is 4.79 Å². The van der Waals surface area contributed by atoms with Crippen molar-refractivity contribution in [2.24, 2.45) is 14.1 Å². The number of rotatable bonds is 5. The highest BCUT2D eigenvalue weighted by molar-refractivity contribution is 6.30. The molecular weight excluding hydrogens is 350 g/mol. The lowest BCUT2D eigenvalue weighted by Crippen LogP contribution is -2.26. The molecule has 2 aromatic heterocycles. The van der Waals surface area contributed by atoms with Gasteiger partial charge in [-0.25, -0.2) is 0 Å². The average molecular weight is 372 g/mol. The number of carbonyl (C=O) groups excluding carboxylic acids is 1. The number of nitrogens with one attached hydrogen (secondary N) is 1. The first-order valence-corrected chi connectivity index (χ1v) is 8.82. The molecule has 0 radical (unpaired) electrons. The second kappa shape index (κ2) is 7.33. The molecule has 3 rings (SSSR count). The fourth-order valence-corrected chi connectivity index (χ4v) is 3.17. The summed E-state index contributed by atoms with van der Waals surface area (Å²) in [4.78, 5) is 12.4. The SMILES string of the molecule is Cc1nn(C)c(C)c1CCNC(=O)c1cc(-c2ccc(Cl)cc2)n(C)n1. The molecule has 7 heteroatoms. The molecule has 0 aliphatic heterocycles. The van der Waals surface area contributed by atoms with Gasteiger partial charge in [0.25, 0.3) is 5.91 Å². The van der Waals surface area contributed by atoms with E-state index in [0.717, 1.165) is 29.1 Å². The van der Waals surface area contributed by atoms with Crippen LogP contribution in [0.4, 0.5) is 0 Å². The number of amides is 1. The van der Waals surface area contributed by atoms with Gasteiger partial charge in [0, 0.05) is 31.4 Å². The molecule has 3 aromatic rings. The van der Waals surface area contributed by atoms with Gasteiger partial charge in [0.2, 0.25) is 0 Å². The summed E-state index contributed by atoms with van der Waals surface area (Å²) in [6.45, 7) is 4.56. The van der Waals surface area contributed by atoms with Crippen LogP contribution < -0.4 is 5.32 Å². The first-order valence-electron chi connectivity index (χ1n) is 8.44. The highest BCUT2D eigenvalue weighted by atomic mass is 35.5. The van der Waals surface area contributed by atoms with Gasteiger partial charge >= 0.3 is 0 Å². The number of benzene rings is 1. The summed E-state index contributed by atoms with van der Waals surface area (Å²) in [6.07, 6.45) is 0.744. The van der Waals surface area contributed by atoms with Crippen LogP contribution in [0.25, 0.3) is 11.3 Å². The van der Waals surface area contributed by atoms with Crippen LogP contribution in [-0.4, -0.2) is 32.0 Å². The normalized spacial score (nSPS) is 11.0. The van der Waals surface area contributed by atoms with Gasteiger partial charge in [-0.2, -0.15) is 10.2 Å². The number of aromatic nitrogens is 4. The van der Waals surface area contributed by atoms with Gasteiger partial charge in [0.1, 0.15) is 0 Å². The molecule has 1 amide bonds. The summed E-state index contributed by atoms with van der Waals surface area (Å²) in [6, 6.07) is 9.26. The Kier molecular flexibility index (Phi) is 5.13. The van der Waals surface area contributed by atoms with Crippen LogP contribution in [0.15, 0.2) is 30.3 Å². The quantitative estimate of drug-likeness (QED) is 0.749. The van der Waals surface area contributed by atoms with Crippen molar-refractivity contribution in [1.82, 2.24) is 24.9 Å². The second-order valence-corrected chi connectivity index (χ2v) is 6.76. The summed E-state index contributed by atoms with van der Waals surface area (Å²) in [5.41, 5.74) is 5.53. The van der Waals surface area contributed by atoms with Crippen LogP contribution in [0.1, 0.15) is 27.4 Å². The summed E-state index contributed by atoms with van der Waals surface area (Å²) < 4.78 is 3.57. The molecule has 0 aliphatic rings. The van der Waals surface area contributed by atoms with E-state index in [1.165, 1.54) is 5.56 Å². The third-order valence-corrected chi connectivity index (χ3v) is 4.82. The minimum Gasteiger partial charge on any atom is -0.350 e. The topological polar surface area (TPSA) is 64.7 Å². The van der Waals surface area contributed by atoms with Crippen molar-refractivity contribution in [2.45, 2.75) is 20.3 Å². The van der Waals surface area contributed by atoms with Crippen molar-refractivity contribution in [3.05, 3.63) is 58.0 Å². The Morgan fingerprint density at radius 1 is 1.12 bits per heavy atom. The number of carbonyl (C=O) groups is 1. The Bertz CT molecular complexity index is 940. The van der Waals surface area contributed by atoms with Gasteiger partial charge in [-0.3, -0.25) is 14.2 Å². The van der Waals surface area contributed by atoms with E-state index in [9.17, 15) is 4.79 Å². The van der Waals surface area contributed by atoms with Crippen LogP contribution in [0, 0.1) is 13.8 Å². The van der Waals surface area contributed by atoms with E-state index in [0.29, 0.717) is 17.3 Å². The molecule has 136 valence electrons. The van der Waals surface area contributed by atoms with Crippen molar-refractivity contribution >= 4 is 17.5 Å². The third-order valence-electron chi connectivity index (χ3n) is 4.57. The zero-order valence-electron chi connectivity index (χ0n) is 15.4. The van der Waals surface area contributed by atoms with Crippen molar-refractivity contribution in [3.63, 3.8) is 0 Å². The first-order chi connectivity index (χ1) is 12.4. The molecule has 6 nitrogen and oxygen atoms in total. The highest BCUT2D eigenvalue weighted by Gasteiger charge is 2.15. The lowest BCUT2D eigenvalue weighted by atomic mass is 10.1. The fraction of sp³-hybridized carbons (Fsp3) is 0.316. The van der Waals surface area contributed by atoms with E-state index >= 15 is 0 Å². The molecular formula is C19H22ClN5O. The molecule has 1 aromatic carbocycles. The highest BCUT2D eigenvalue weighted by Crippen LogP contribution is 2.22. The third kappa shape index (κ3) is 3.65. The Labute approximate surface area is 157 Å². The maximum atomic E-state index is 12.4. The number of aryl methyl sites for hydroxylation is 3. The lowest BCUT2D eigenvalue weighted by molar-refractivity contribution is 0.0948. The number of halogens is 1. The molecule has 0 bridgehead atoms. The summed E-state index contributed by atoms with van der Waals surface area (Å²) in [5.74, 6) is -0.181. The maximum Gasteiger partial charge on any atom is 0.271 e. The summed E-state index contributed by atoms with van der Waals surface area (Å²) in [5, 5.41) is 12.3. The van der Waals surface area contributed by atoms with Crippen molar-refractivity contribution in [3.8, 4) is 11.3 Å². The Morgan fingerprint density at radius 2 is 1.81 bits per heavy atom. The van der Waals surface area contributed by atoms with Crippen molar-refractivity contribution in [2.75, 3.05) is 6.54 Å². The van der Waals surface area contributed by atoms with E-state index in [1.54, 1.807) is 10.7 Å². The molecule has 0 aliphatic carbocycles. The number of hydrogen-bond acceptors (Lipinski definition) is 3. The van der Waals surface area contributed by atoms with Crippen molar-refractivity contribution in [1.29, 1.82) is 0 Å². The van der Waals surface area contributed by atoms with Gasteiger partial charge in [-0.15, -0.1) is 0 Å². The van der Waals surface area contributed by atoms with Crippen LogP contribution >= 0.6 is 11.6 Å². The zero-order valence-corrected chi connectivity index (χ0v) is 16.1. The second-order valence-electron chi connectivity index (χ2n) is 6.32. The minimum atomic E-state index is -0.181. The number of nitrogens with zero attached hydrogens (tertiary/aromatic N) is 4. The lowest BCUT2D eigenvalue weighted by Gasteiger charge is -2.04. The maximum absolute atomic E-state index is 12.4. The van der Waals surface area contributed by atoms with Crippen LogP contribution in [0.2, 0.25) is 5.02 Å². The molecule has 26 heavy (non-hydrogen) atoms. The van der Waals surface area contributed by atoms with E-state index in [2.05, 4.69) is 15.5 Å². The smallest absolute Gasteiger partial charge is 0.271 e. The Hall–Kier alpha value is -2.60. The molecule has 0 unspecified atom stereocenters. The molecule has 1 N–H and O–H groups in total. The first kappa shape index (κ1) is 18.2. The van der Waals surface area contributed by atoms with Gasteiger partial charge in [-0.05, 0) is 49.6 Å². The van der Waals surface area contributed by atoms with E-state index in [-0.39, 0.29) is 5.91 Å². The molecule has 0 fully saturated rings. The van der Waals surface area contributed by atoms with E-state index in [4.69, 9.17) is 11.6 Å². The monoisotopic (exact) mass is 371 g/mol. The molecule has 2 heterocycles. The van der Waals surface area contributed by atoms with Gasteiger partial charge < -0.3 is 5.32 Å². The molecule has 0 spiro atoms.